The van der Waals surface area contributed by atoms with Gasteiger partial charge in [-0.25, -0.2) is 4.98 Å². The van der Waals surface area contributed by atoms with Crippen molar-refractivity contribution in [3.63, 3.8) is 0 Å². The molecule has 0 spiro atoms. The van der Waals surface area contributed by atoms with E-state index in [9.17, 15) is 4.79 Å². The predicted molar refractivity (Wildman–Crippen MR) is 119 cm³/mol. The molecule has 1 fully saturated rings. The van der Waals surface area contributed by atoms with Gasteiger partial charge in [0.1, 0.15) is 17.4 Å². The van der Waals surface area contributed by atoms with E-state index in [4.69, 9.17) is 9.72 Å². The summed E-state index contributed by atoms with van der Waals surface area (Å²) in [5.74, 6) is 1.71. The van der Waals surface area contributed by atoms with Crippen molar-refractivity contribution in [2.75, 3.05) is 0 Å². The Morgan fingerprint density at radius 3 is 2.93 bits per heavy atom. The Morgan fingerprint density at radius 2 is 2.10 bits per heavy atom. The SMILES string of the molecule is Cc1nc2c3c(c(C(=O)NC4CC4)cc2n1C)CC[C@@H](c1csc2ccccc12)O3. The molecule has 2 aromatic carbocycles. The highest BCUT2D eigenvalue weighted by Crippen LogP contribution is 2.44. The van der Waals surface area contributed by atoms with Gasteiger partial charge >= 0.3 is 0 Å². The molecule has 0 bridgehead atoms. The number of fused-ring (bicyclic) bond motifs is 4. The number of amides is 1. The van der Waals surface area contributed by atoms with Crippen LogP contribution >= 0.6 is 11.3 Å². The molecule has 0 unspecified atom stereocenters. The number of carbonyl (C=O) groups excluding carboxylic acids is 1. The van der Waals surface area contributed by atoms with Gasteiger partial charge < -0.3 is 14.6 Å². The number of nitrogens with zero attached hydrogens (tertiary/aromatic N) is 2. The Kier molecular flexibility index (Phi) is 3.93. The van der Waals surface area contributed by atoms with Gasteiger partial charge in [0, 0.05) is 34.5 Å². The van der Waals surface area contributed by atoms with Crippen molar-refractivity contribution in [1.29, 1.82) is 0 Å². The smallest absolute Gasteiger partial charge is 0.251 e. The van der Waals surface area contributed by atoms with Crippen LogP contribution in [0.4, 0.5) is 0 Å². The topological polar surface area (TPSA) is 56.2 Å². The normalized spacial score (nSPS) is 18.4. The molecular formula is C24H23N3O2S. The lowest BCUT2D eigenvalue weighted by Gasteiger charge is -2.28. The van der Waals surface area contributed by atoms with Crippen LogP contribution in [-0.4, -0.2) is 21.5 Å². The summed E-state index contributed by atoms with van der Waals surface area (Å²) in [6.07, 6.45) is 3.79. The van der Waals surface area contributed by atoms with Crippen molar-refractivity contribution in [2.45, 2.75) is 44.8 Å². The molecule has 6 heteroatoms. The first-order valence-corrected chi connectivity index (χ1v) is 11.4. The number of hydrogen-bond acceptors (Lipinski definition) is 4. The van der Waals surface area contributed by atoms with Gasteiger partial charge in [-0.1, -0.05) is 18.2 Å². The number of aryl methyl sites for hydroxylation is 2. The van der Waals surface area contributed by atoms with Gasteiger partial charge in [-0.3, -0.25) is 4.79 Å². The van der Waals surface area contributed by atoms with E-state index < -0.39 is 0 Å². The molecule has 0 saturated heterocycles. The van der Waals surface area contributed by atoms with Gasteiger partial charge in [0.05, 0.1) is 5.52 Å². The summed E-state index contributed by atoms with van der Waals surface area (Å²) in [7, 11) is 1.99. The standard InChI is InChI=1S/C24H23N3O2S/c1-13-25-22-19(27(13)2)11-17(24(28)26-14-7-8-14)16-9-10-20(29-23(16)22)18-12-30-21-6-4-3-5-15(18)21/h3-6,11-12,14,20H,7-10H2,1-2H3,(H,26,28)/t20-/m0/s1. The van der Waals surface area contributed by atoms with Gasteiger partial charge in [-0.15, -0.1) is 11.3 Å². The minimum Gasteiger partial charge on any atom is -0.483 e. The first kappa shape index (κ1) is 18.0. The average Bonchev–Trinajstić information content (AvgIpc) is 3.39. The lowest BCUT2D eigenvalue weighted by atomic mass is 9.93. The first-order valence-electron chi connectivity index (χ1n) is 10.5. The monoisotopic (exact) mass is 417 g/mol. The number of benzene rings is 2. The molecule has 30 heavy (non-hydrogen) atoms. The van der Waals surface area contributed by atoms with E-state index in [1.54, 1.807) is 11.3 Å². The maximum absolute atomic E-state index is 13.0. The fourth-order valence-electron chi connectivity index (χ4n) is 4.46. The second-order valence-corrected chi connectivity index (χ2v) is 9.31. The fraction of sp³-hybridized carbons (Fsp3) is 0.333. The molecule has 4 aromatic rings. The summed E-state index contributed by atoms with van der Waals surface area (Å²) in [6.45, 7) is 1.99. The van der Waals surface area contributed by atoms with Crippen LogP contribution in [0.2, 0.25) is 0 Å². The third-order valence-corrected chi connectivity index (χ3v) is 7.37. The number of rotatable bonds is 3. The Balaban J connectivity index is 1.48. The second kappa shape index (κ2) is 6.57. The molecule has 6 rings (SSSR count). The van der Waals surface area contributed by atoms with Crippen LogP contribution in [-0.2, 0) is 13.5 Å². The molecule has 1 amide bonds. The van der Waals surface area contributed by atoms with E-state index in [1.165, 1.54) is 15.6 Å². The van der Waals surface area contributed by atoms with Crippen molar-refractivity contribution in [3.8, 4) is 5.75 Å². The van der Waals surface area contributed by atoms with Crippen LogP contribution < -0.4 is 10.1 Å². The molecule has 1 aliphatic heterocycles. The molecule has 2 aliphatic rings. The van der Waals surface area contributed by atoms with Crippen molar-refractivity contribution in [3.05, 3.63) is 58.2 Å². The fourth-order valence-corrected chi connectivity index (χ4v) is 5.46. The Hall–Kier alpha value is -2.86. The largest absolute Gasteiger partial charge is 0.483 e. The molecule has 1 saturated carbocycles. The third kappa shape index (κ3) is 2.74. The highest BCUT2D eigenvalue weighted by Gasteiger charge is 2.32. The van der Waals surface area contributed by atoms with E-state index in [-0.39, 0.29) is 12.0 Å². The van der Waals surface area contributed by atoms with Crippen LogP contribution in [0.1, 0.15) is 52.7 Å². The van der Waals surface area contributed by atoms with Gasteiger partial charge in [-0.2, -0.15) is 0 Å². The van der Waals surface area contributed by atoms with Gasteiger partial charge in [0.15, 0.2) is 5.75 Å². The summed E-state index contributed by atoms with van der Waals surface area (Å²) in [4.78, 5) is 17.8. The van der Waals surface area contributed by atoms with E-state index in [0.717, 1.165) is 59.4 Å². The van der Waals surface area contributed by atoms with Crippen LogP contribution in [0.3, 0.4) is 0 Å². The lowest BCUT2D eigenvalue weighted by Crippen LogP contribution is -2.28. The number of hydrogen-bond donors (Lipinski definition) is 1. The molecule has 5 nitrogen and oxygen atoms in total. The van der Waals surface area contributed by atoms with E-state index in [1.807, 2.05) is 24.6 Å². The molecule has 1 N–H and O–H groups in total. The van der Waals surface area contributed by atoms with Crippen LogP contribution in [0.5, 0.6) is 5.75 Å². The maximum atomic E-state index is 13.0. The molecular weight excluding hydrogens is 394 g/mol. The van der Waals surface area contributed by atoms with Gasteiger partial charge in [0.25, 0.3) is 5.91 Å². The summed E-state index contributed by atoms with van der Waals surface area (Å²) < 4.78 is 9.94. The predicted octanol–water partition coefficient (Wildman–Crippen LogP) is 5.05. The summed E-state index contributed by atoms with van der Waals surface area (Å²) in [5, 5.41) is 6.62. The second-order valence-electron chi connectivity index (χ2n) is 8.40. The average molecular weight is 418 g/mol. The van der Waals surface area contributed by atoms with Gasteiger partial charge in [0.2, 0.25) is 0 Å². The van der Waals surface area contributed by atoms with E-state index in [0.29, 0.717) is 6.04 Å². The number of imidazole rings is 1. The minimum absolute atomic E-state index is 0.0116. The number of ether oxygens (including phenoxy) is 1. The number of nitrogens with one attached hydrogen (secondary N) is 1. The summed E-state index contributed by atoms with van der Waals surface area (Å²) in [6, 6.07) is 10.8. The zero-order chi connectivity index (χ0) is 20.4. The Labute approximate surface area is 178 Å². The Morgan fingerprint density at radius 1 is 1.27 bits per heavy atom. The molecule has 3 heterocycles. The van der Waals surface area contributed by atoms with Crippen molar-refractivity contribution in [2.24, 2.45) is 7.05 Å². The van der Waals surface area contributed by atoms with Gasteiger partial charge in [-0.05, 0) is 55.5 Å². The zero-order valence-corrected chi connectivity index (χ0v) is 17.9. The number of aromatic nitrogens is 2. The Bertz CT molecular complexity index is 1320. The number of thiophene rings is 1. The van der Waals surface area contributed by atoms with Crippen LogP contribution in [0, 0.1) is 6.92 Å². The highest BCUT2D eigenvalue weighted by molar-refractivity contribution is 7.17. The van der Waals surface area contributed by atoms with E-state index in [2.05, 4.69) is 35.0 Å². The highest BCUT2D eigenvalue weighted by atomic mass is 32.1. The first-order chi connectivity index (χ1) is 14.6. The van der Waals surface area contributed by atoms with Crippen molar-refractivity contribution in [1.82, 2.24) is 14.9 Å². The van der Waals surface area contributed by atoms with Crippen molar-refractivity contribution >= 4 is 38.4 Å². The molecule has 152 valence electrons. The molecule has 0 radical (unpaired) electrons. The summed E-state index contributed by atoms with van der Waals surface area (Å²) >= 11 is 1.76. The number of carbonyl (C=O) groups is 1. The van der Waals surface area contributed by atoms with Crippen molar-refractivity contribution < 1.29 is 9.53 Å². The molecule has 1 atom stereocenters. The van der Waals surface area contributed by atoms with E-state index >= 15 is 0 Å². The lowest BCUT2D eigenvalue weighted by molar-refractivity contribution is 0.0947. The quantitative estimate of drug-likeness (QED) is 0.507. The maximum Gasteiger partial charge on any atom is 0.251 e. The summed E-state index contributed by atoms with van der Waals surface area (Å²) in [5.41, 5.74) is 4.77. The van der Waals surface area contributed by atoms with Crippen LogP contribution in [0.15, 0.2) is 35.7 Å². The van der Waals surface area contributed by atoms with Crippen LogP contribution in [0.25, 0.3) is 21.1 Å². The zero-order valence-electron chi connectivity index (χ0n) is 17.1. The molecule has 2 aromatic heterocycles. The molecule has 1 aliphatic carbocycles. The minimum atomic E-state index is -0.0269. The third-order valence-electron chi connectivity index (χ3n) is 6.39.